The number of aromatic nitrogens is 2. The highest BCUT2D eigenvalue weighted by Gasteiger charge is 2.26. The second-order valence-corrected chi connectivity index (χ2v) is 7.38. The average molecular weight is 368 g/mol. The summed E-state index contributed by atoms with van der Waals surface area (Å²) < 4.78 is 5.66. The van der Waals surface area contributed by atoms with E-state index in [1.165, 1.54) is 17.5 Å². The molecule has 3 aromatic rings. The Morgan fingerprint density at radius 3 is 2.88 bits per heavy atom. The molecule has 0 radical (unpaired) electrons. The molecule has 1 aliphatic rings. The molecule has 0 saturated heterocycles. The summed E-state index contributed by atoms with van der Waals surface area (Å²) in [5.74, 6) is 1.23. The maximum atomic E-state index is 12.5. The number of fused-ring (bicyclic) bond motifs is 3. The average Bonchev–Trinajstić information content (AvgIpc) is 3.05. The lowest BCUT2D eigenvalue weighted by Gasteiger charge is -2.27. The lowest BCUT2D eigenvalue weighted by molar-refractivity contribution is -0.134. The molecule has 0 bridgehead atoms. The lowest BCUT2D eigenvalue weighted by atomic mass is 10.1. The number of nitrogen functional groups attached to an aromatic ring is 1. The highest BCUT2D eigenvalue weighted by Crippen LogP contribution is 2.36. The van der Waals surface area contributed by atoms with E-state index in [-0.39, 0.29) is 12.5 Å². The van der Waals surface area contributed by atoms with Crippen LogP contribution < -0.4 is 10.5 Å². The van der Waals surface area contributed by atoms with Crippen LogP contribution in [-0.2, 0) is 24.2 Å². The lowest BCUT2D eigenvalue weighted by Crippen LogP contribution is -2.38. The number of carbonyl (C=O) groups excluding carboxylic acids is 1. The van der Waals surface area contributed by atoms with Crippen LogP contribution in [0.1, 0.15) is 22.9 Å². The van der Waals surface area contributed by atoms with Crippen molar-refractivity contribution < 1.29 is 9.53 Å². The van der Waals surface area contributed by atoms with Gasteiger partial charge in [0, 0.05) is 11.4 Å². The summed E-state index contributed by atoms with van der Waals surface area (Å²) >= 11 is 1.59. The van der Waals surface area contributed by atoms with Crippen molar-refractivity contribution in [2.45, 2.75) is 26.3 Å². The third-order valence-corrected chi connectivity index (χ3v) is 5.84. The van der Waals surface area contributed by atoms with Crippen molar-refractivity contribution in [3.8, 4) is 5.75 Å². The van der Waals surface area contributed by atoms with Gasteiger partial charge in [-0.2, -0.15) is 0 Å². The Hall–Kier alpha value is -2.67. The molecule has 0 spiro atoms. The fraction of sp³-hybridized carbons (Fsp3) is 0.316. The van der Waals surface area contributed by atoms with Crippen molar-refractivity contribution in [3.05, 3.63) is 46.6 Å². The molecular formula is C19H20N4O2S. The van der Waals surface area contributed by atoms with Crippen molar-refractivity contribution in [1.29, 1.82) is 0 Å². The zero-order valence-electron chi connectivity index (χ0n) is 14.6. The van der Waals surface area contributed by atoms with Crippen LogP contribution in [0.2, 0.25) is 0 Å². The monoisotopic (exact) mass is 368 g/mol. The summed E-state index contributed by atoms with van der Waals surface area (Å²) in [6.07, 6.45) is 3.24. The van der Waals surface area contributed by atoms with Crippen molar-refractivity contribution in [3.63, 3.8) is 0 Å². The summed E-state index contributed by atoms with van der Waals surface area (Å²) in [5, 5.41) is 0.951. The van der Waals surface area contributed by atoms with Gasteiger partial charge >= 0.3 is 0 Å². The number of nitrogens with zero attached hydrogens (tertiary/aromatic N) is 3. The van der Waals surface area contributed by atoms with Gasteiger partial charge in [-0.05, 0) is 36.1 Å². The van der Waals surface area contributed by atoms with Gasteiger partial charge in [-0.1, -0.05) is 19.1 Å². The number of hydrogen-bond acceptors (Lipinski definition) is 6. The molecule has 1 aliphatic heterocycles. The Kier molecular flexibility index (Phi) is 4.46. The molecule has 0 aliphatic carbocycles. The third-order valence-electron chi connectivity index (χ3n) is 4.71. The number of amides is 1. The van der Waals surface area contributed by atoms with Crippen LogP contribution in [0.4, 0.5) is 5.82 Å². The normalized spacial score (nSPS) is 13.7. The van der Waals surface area contributed by atoms with E-state index in [1.807, 2.05) is 29.2 Å². The number of thiophene rings is 1. The number of benzene rings is 1. The van der Waals surface area contributed by atoms with Crippen molar-refractivity contribution in [1.82, 2.24) is 14.9 Å². The zero-order chi connectivity index (χ0) is 18.1. The van der Waals surface area contributed by atoms with E-state index in [0.717, 1.165) is 33.7 Å². The van der Waals surface area contributed by atoms with E-state index in [4.69, 9.17) is 10.5 Å². The van der Waals surface area contributed by atoms with Gasteiger partial charge in [0.2, 0.25) is 0 Å². The number of nitrogens with two attached hydrogens (primary N) is 1. The van der Waals surface area contributed by atoms with Crippen LogP contribution in [0.3, 0.4) is 0 Å². The zero-order valence-corrected chi connectivity index (χ0v) is 15.4. The standard InChI is InChI=1S/C19H20N4O2S/c1-2-12-3-5-13(6-4-12)25-10-16(24)23-8-7-14-15(9-23)26-19-17(14)18(20)21-11-22-19/h3-6,11H,2,7-10H2,1H3,(H2,20,21,22). The summed E-state index contributed by atoms with van der Waals surface area (Å²) in [7, 11) is 0. The molecule has 7 heteroatoms. The molecule has 3 heterocycles. The van der Waals surface area contributed by atoms with Crippen molar-refractivity contribution >= 4 is 33.3 Å². The molecule has 0 fully saturated rings. The van der Waals surface area contributed by atoms with Gasteiger partial charge in [-0.3, -0.25) is 4.79 Å². The number of aryl methyl sites for hydroxylation is 1. The molecule has 4 rings (SSSR count). The van der Waals surface area contributed by atoms with Crippen LogP contribution in [0, 0.1) is 0 Å². The second-order valence-electron chi connectivity index (χ2n) is 6.29. The van der Waals surface area contributed by atoms with E-state index >= 15 is 0 Å². The minimum absolute atomic E-state index is 0.00766. The van der Waals surface area contributed by atoms with Gasteiger partial charge in [0.15, 0.2) is 6.61 Å². The third kappa shape index (κ3) is 3.10. The first-order valence-corrected chi connectivity index (χ1v) is 9.47. The van der Waals surface area contributed by atoms with Crippen molar-refractivity contribution in [2.75, 3.05) is 18.9 Å². The first kappa shape index (κ1) is 16.8. The maximum absolute atomic E-state index is 12.5. The van der Waals surface area contributed by atoms with Gasteiger partial charge in [0.05, 0.1) is 11.9 Å². The molecule has 1 aromatic carbocycles. The van der Waals surface area contributed by atoms with Gasteiger partial charge in [-0.15, -0.1) is 11.3 Å². The fourth-order valence-electron chi connectivity index (χ4n) is 3.22. The molecule has 2 N–H and O–H groups in total. The minimum Gasteiger partial charge on any atom is -0.484 e. The number of anilines is 1. The largest absolute Gasteiger partial charge is 0.484 e. The Labute approximate surface area is 155 Å². The highest BCUT2D eigenvalue weighted by molar-refractivity contribution is 7.19. The molecule has 2 aromatic heterocycles. The van der Waals surface area contributed by atoms with Crippen LogP contribution in [0.25, 0.3) is 10.2 Å². The van der Waals surface area contributed by atoms with E-state index < -0.39 is 0 Å². The Balaban J connectivity index is 1.44. The van der Waals surface area contributed by atoms with Crippen LogP contribution in [0.5, 0.6) is 5.75 Å². The molecular weight excluding hydrogens is 348 g/mol. The number of carbonyl (C=O) groups is 1. The summed E-state index contributed by atoms with van der Waals surface area (Å²) in [6.45, 7) is 3.39. The van der Waals surface area contributed by atoms with Gasteiger partial charge < -0.3 is 15.4 Å². The quantitative estimate of drug-likeness (QED) is 0.766. The SMILES string of the molecule is CCc1ccc(OCC(=O)N2CCc3c(sc4ncnc(N)c34)C2)cc1. The topological polar surface area (TPSA) is 81.3 Å². The first-order valence-electron chi connectivity index (χ1n) is 8.66. The summed E-state index contributed by atoms with van der Waals surface area (Å²) in [4.78, 5) is 24.8. The van der Waals surface area contributed by atoms with Crippen LogP contribution in [0.15, 0.2) is 30.6 Å². The minimum atomic E-state index is -0.00766. The van der Waals surface area contributed by atoms with Crippen LogP contribution in [-0.4, -0.2) is 33.9 Å². The maximum Gasteiger partial charge on any atom is 0.260 e. The van der Waals surface area contributed by atoms with E-state index in [2.05, 4.69) is 16.9 Å². The molecule has 0 saturated carbocycles. The molecule has 0 unspecified atom stereocenters. The Morgan fingerprint density at radius 2 is 2.12 bits per heavy atom. The van der Waals surface area contributed by atoms with Gasteiger partial charge in [-0.25, -0.2) is 9.97 Å². The van der Waals surface area contributed by atoms with Gasteiger partial charge in [0.25, 0.3) is 5.91 Å². The predicted octanol–water partition coefficient (Wildman–Crippen LogP) is 2.80. The Morgan fingerprint density at radius 1 is 1.31 bits per heavy atom. The highest BCUT2D eigenvalue weighted by atomic mass is 32.1. The predicted molar refractivity (Wildman–Crippen MR) is 102 cm³/mol. The summed E-state index contributed by atoms with van der Waals surface area (Å²) in [5.41, 5.74) is 8.44. The van der Waals surface area contributed by atoms with Crippen LogP contribution >= 0.6 is 11.3 Å². The van der Waals surface area contributed by atoms with E-state index in [9.17, 15) is 4.79 Å². The van der Waals surface area contributed by atoms with Gasteiger partial charge in [0.1, 0.15) is 22.7 Å². The van der Waals surface area contributed by atoms with E-state index in [1.54, 1.807) is 11.3 Å². The molecule has 26 heavy (non-hydrogen) atoms. The van der Waals surface area contributed by atoms with E-state index in [0.29, 0.717) is 18.9 Å². The first-order chi connectivity index (χ1) is 12.7. The molecule has 6 nitrogen and oxygen atoms in total. The summed E-state index contributed by atoms with van der Waals surface area (Å²) in [6, 6.07) is 7.87. The Bertz CT molecular complexity index is 952. The molecule has 134 valence electrons. The smallest absolute Gasteiger partial charge is 0.260 e. The number of hydrogen-bond donors (Lipinski definition) is 1. The fourth-order valence-corrected chi connectivity index (χ4v) is 4.43. The second kappa shape index (κ2) is 6.92. The number of rotatable bonds is 4. The molecule has 1 amide bonds. The van der Waals surface area contributed by atoms with Crippen molar-refractivity contribution in [2.24, 2.45) is 0 Å². The number of ether oxygens (including phenoxy) is 1. The molecule has 0 atom stereocenters.